The molecule has 6 nitrogen and oxygen atoms in total. The summed E-state index contributed by atoms with van der Waals surface area (Å²) in [6.07, 6.45) is 4.00. The summed E-state index contributed by atoms with van der Waals surface area (Å²) in [5.41, 5.74) is 0.182. The van der Waals surface area contributed by atoms with Crippen molar-refractivity contribution in [2.75, 3.05) is 19.3 Å². The Kier molecular flexibility index (Phi) is 4.82. The molecule has 1 unspecified atom stereocenters. The molecule has 1 fully saturated rings. The molecule has 108 valence electrons. The van der Waals surface area contributed by atoms with Crippen molar-refractivity contribution in [2.24, 2.45) is 5.92 Å². The van der Waals surface area contributed by atoms with Gasteiger partial charge in [-0.05, 0) is 18.6 Å². The van der Waals surface area contributed by atoms with E-state index >= 15 is 0 Å². The van der Waals surface area contributed by atoms with Crippen LogP contribution in [-0.2, 0) is 4.79 Å². The lowest BCUT2D eigenvalue weighted by Gasteiger charge is -2.16. The number of aromatic nitrogens is 2. The van der Waals surface area contributed by atoms with Gasteiger partial charge in [0.2, 0.25) is 0 Å². The highest BCUT2D eigenvalue weighted by molar-refractivity contribution is 7.98. The van der Waals surface area contributed by atoms with Gasteiger partial charge in [-0.1, -0.05) is 23.4 Å². The zero-order valence-electron chi connectivity index (χ0n) is 10.9. The lowest BCUT2D eigenvalue weighted by Crippen LogP contribution is -2.30. The number of rotatable bonds is 4. The first-order valence-electron chi connectivity index (χ1n) is 6.09. The quantitative estimate of drug-likeness (QED) is 0.673. The average molecular weight is 316 g/mol. The summed E-state index contributed by atoms with van der Waals surface area (Å²) in [6.45, 7) is 0.964. The molecule has 1 aliphatic rings. The van der Waals surface area contributed by atoms with E-state index in [0.717, 1.165) is 0 Å². The molecule has 1 saturated heterocycles. The van der Waals surface area contributed by atoms with Gasteiger partial charge in [0, 0.05) is 19.5 Å². The minimum Gasteiger partial charge on any atom is -0.481 e. The highest BCUT2D eigenvalue weighted by Gasteiger charge is 2.30. The van der Waals surface area contributed by atoms with Crippen LogP contribution in [0, 0.1) is 5.92 Å². The molecule has 0 spiro atoms. The van der Waals surface area contributed by atoms with Crippen LogP contribution in [0.2, 0.25) is 5.02 Å². The van der Waals surface area contributed by atoms with Gasteiger partial charge in [-0.25, -0.2) is 9.97 Å². The first-order chi connectivity index (χ1) is 9.51. The molecule has 0 bridgehead atoms. The molecule has 1 aliphatic heterocycles. The molecule has 0 radical (unpaired) electrons. The number of carbonyl (C=O) groups is 2. The van der Waals surface area contributed by atoms with Crippen LogP contribution in [0.25, 0.3) is 0 Å². The topological polar surface area (TPSA) is 83.4 Å². The fraction of sp³-hybridized carbons (Fsp3) is 0.500. The number of nitrogens with zero attached hydrogens (tertiary/aromatic N) is 3. The van der Waals surface area contributed by atoms with Gasteiger partial charge in [-0.2, -0.15) is 0 Å². The van der Waals surface area contributed by atoms with Gasteiger partial charge >= 0.3 is 5.97 Å². The molecule has 1 amide bonds. The molecular weight excluding hydrogens is 302 g/mol. The van der Waals surface area contributed by atoms with E-state index < -0.39 is 5.97 Å². The van der Waals surface area contributed by atoms with Crippen LogP contribution < -0.4 is 0 Å². The normalized spacial score (nSPS) is 18.3. The number of hydrogen-bond donors (Lipinski definition) is 1. The third kappa shape index (κ3) is 3.40. The van der Waals surface area contributed by atoms with Crippen LogP contribution in [0.15, 0.2) is 11.4 Å². The average Bonchev–Trinajstić information content (AvgIpc) is 2.86. The van der Waals surface area contributed by atoms with Gasteiger partial charge < -0.3 is 10.0 Å². The number of aliphatic carboxylic acids is 1. The highest BCUT2D eigenvalue weighted by atomic mass is 35.5. The van der Waals surface area contributed by atoms with Crippen molar-refractivity contribution in [1.29, 1.82) is 0 Å². The second kappa shape index (κ2) is 6.41. The van der Waals surface area contributed by atoms with Gasteiger partial charge in [0.05, 0.1) is 11.2 Å². The molecule has 20 heavy (non-hydrogen) atoms. The SMILES string of the molecule is CSc1ncc(Cl)c(C(=O)N2CCC(CC(=O)O)C2)n1. The Balaban J connectivity index is 2.10. The number of thioether (sulfide) groups is 1. The molecule has 0 aromatic carbocycles. The number of carboxylic acids is 1. The van der Waals surface area contributed by atoms with E-state index in [2.05, 4.69) is 9.97 Å². The fourth-order valence-corrected chi connectivity index (χ4v) is 2.69. The van der Waals surface area contributed by atoms with E-state index in [9.17, 15) is 9.59 Å². The van der Waals surface area contributed by atoms with Crippen LogP contribution in [0.3, 0.4) is 0 Å². The number of amides is 1. The van der Waals surface area contributed by atoms with Crippen molar-refractivity contribution in [1.82, 2.24) is 14.9 Å². The molecule has 1 aromatic heterocycles. The van der Waals surface area contributed by atoms with E-state index in [-0.39, 0.29) is 29.0 Å². The molecule has 0 aliphatic carbocycles. The third-order valence-electron chi connectivity index (χ3n) is 3.14. The van der Waals surface area contributed by atoms with Crippen LogP contribution in [0.4, 0.5) is 0 Å². The Morgan fingerprint density at radius 3 is 3.00 bits per heavy atom. The van der Waals surface area contributed by atoms with Crippen molar-refractivity contribution in [3.63, 3.8) is 0 Å². The van der Waals surface area contributed by atoms with Gasteiger partial charge in [0.1, 0.15) is 0 Å². The van der Waals surface area contributed by atoms with Crippen LogP contribution in [0.5, 0.6) is 0 Å². The van der Waals surface area contributed by atoms with E-state index in [0.29, 0.717) is 24.7 Å². The summed E-state index contributed by atoms with van der Waals surface area (Å²) >= 11 is 7.30. The van der Waals surface area contributed by atoms with Crippen LogP contribution in [-0.4, -0.2) is 51.2 Å². The molecule has 1 atom stereocenters. The van der Waals surface area contributed by atoms with Crippen molar-refractivity contribution >= 4 is 35.2 Å². The lowest BCUT2D eigenvalue weighted by atomic mass is 10.1. The van der Waals surface area contributed by atoms with Gasteiger partial charge in [-0.15, -0.1) is 0 Å². The van der Waals surface area contributed by atoms with E-state index in [1.807, 2.05) is 6.26 Å². The molecule has 1 aromatic rings. The maximum atomic E-state index is 12.4. The van der Waals surface area contributed by atoms with Crippen molar-refractivity contribution in [3.8, 4) is 0 Å². The molecule has 1 N–H and O–H groups in total. The Labute approximate surface area is 125 Å². The monoisotopic (exact) mass is 315 g/mol. The first kappa shape index (κ1) is 15.1. The van der Waals surface area contributed by atoms with Gasteiger partial charge in [-0.3, -0.25) is 9.59 Å². The largest absolute Gasteiger partial charge is 0.481 e. The van der Waals surface area contributed by atoms with Crippen molar-refractivity contribution in [2.45, 2.75) is 18.0 Å². The number of carboxylic acid groups (broad SMARTS) is 1. The molecule has 2 heterocycles. The number of hydrogen-bond acceptors (Lipinski definition) is 5. The fourth-order valence-electron chi connectivity index (χ4n) is 2.18. The Hall–Kier alpha value is -1.34. The maximum absolute atomic E-state index is 12.4. The summed E-state index contributed by atoms with van der Waals surface area (Å²) in [6, 6.07) is 0. The summed E-state index contributed by atoms with van der Waals surface area (Å²) < 4.78 is 0. The number of likely N-dealkylation sites (tertiary alicyclic amines) is 1. The van der Waals surface area contributed by atoms with E-state index in [1.54, 1.807) is 4.90 Å². The highest BCUT2D eigenvalue weighted by Crippen LogP contribution is 2.24. The van der Waals surface area contributed by atoms with Gasteiger partial charge in [0.15, 0.2) is 10.9 Å². The number of carbonyl (C=O) groups excluding carboxylic acids is 1. The lowest BCUT2D eigenvalue weighted by molar-refractivity contribution is -0.138. The second-order valence-electron chi connectivity index (χ2n) is 4.56. The minimum absolute atomic E-state index is 0.00270. The smallest absolute Gasteiger partial charge is 0.303 e. The predicted octanol–water partition coefficient (Wildman–Crippen LogP) is 1.79. The van der Waals surface area contributed by atoms with Crippen molar-refractivity contribution in [3.05, 3.63) is 16.9 Å². The zero-order chi connectivity index (χ0) is 14.7. The maximum Gasteiger partial charge on any atom is 0.303 e. The summed E-state index contributed by atoms with van der Waals surface area (Å²) in [4.78, 5) is 32.8. The Bertz CT molecular complexity index is 541. The second-order valence-corrected chi connectivity index (χ2v) is 5.74. The standard InChI is InChI=1S/C12H14ClN3O3S/c1-20-12-14-5-8(13)10(15-12)11(19)16-3-2-7(6-16)4-9(17)18/h5,7H,2-4,6H2,1H3,(H,17,18). The summed E-state index contributed by atoms with van der Waals surface area (Å²) in [5.74, 6) is -1.10. The summed E-state index contributed by atoms with van der Waals surface area (Å²) in [7, 11) is 0. The third-order valence-corrected chi connectivity index (χ3v) is 3.98. The van der Waals surface area contributed by atoms with E-state index in [4.69, 9.17) is 16.7 Å². The van der Waals surface area contributed by atoms with Crippen molar-refractivity contribution < 1.29 is 14.7 Å². The van der Waals surface area contributed by atoms with E-state index in [1.165, 1.54) is 18.0 Å². The molecule has 2 rings (SSSR count). The molecule has 0 saturated carbocycles. The first-order valence-corrected chi connectivity index (χ1v) is 7.69. The molecule has 8 heteroatoms. The zero-order valence-corrected chi connectivity index (χ0v) is 12.4. The number of halogens is 1. The van der Waals surface area contributed by atoms with Crippen LogP contribution in [0.1, 0.15) is 23.3 Å². The minimum atomic E-state index is -0.839. The molecular formula is C12H14ClN3O3S. The Morgan fingerprint density at radius 1 is 1.60 bits per heavy atom. The Morgan fingerprint density at radius 2 is 2.35 bits per heavy atom. The predicted molar refractivity (Wildman–Crippen MR) is 75.1 cm³/mol. The summed E-state index contributed by atoms with van der Waals surface area (Å²) in [5, 5.41) is 9.48. The van der Waals surface area contributed by atoms with Gasteiger partial charge in [0.25, 0.3) is 5.91 Å². The van der Waals surface area contributed by atoms with Crippen LogP contribution >= 0.6 is 23.4 Å².